The number of rotatable bonds is 49. The maximum absolute atomic E-state index is 12.7. The van der Waals surface area contributed by atoms with E-state index < -0.39 is 89.0 Å². The molecule has 4 heterocycles. The third kappa shape index (κ3) is 35.3. The van der Waals surface area contributed by atoms with Crippen LogP contribution in [0.2, 0.25) is 0 Å². The van der Waals surface area contributed by atoms with Crippen LogP contribution in [0.15, 0.2) is 70.5 Å². The number of hydrogen-bond acceptors (Lipinski definition) is 35. The number of nitrogen functional groups attached to an aromatic ring is 2. The number of ether oxygens (including phenoxy) is 5. The van der Waals surface area contributed by atoms with Crippen LogP contribution in [0.1, 0.15) is 122 Å². The summed E-state index contributed by atoms with van der Waals surface area (Å²) in [5.41, 5.74) is 13.5. The molecular formula is C66H84N14O22S6. The number of anilines is 4. The fourth-order valence-electron chi connectivity index (χ4n) is 8.87. The fourth-order valence-corrected chi connectivity index (χ4v) is 13.3. The van der Waals surface area contributed by atoms with Crippen LogP contribution in [-0.4, -0.2) is 196 Å². The molecule has 36 nitrogen and oxygen atoms in total. The molecule has 6 aromatic rings. The van der Waals surface area contributed by atoms with Crippen LogP contribution in [0.4, 0.5) is 23.3 Å². The molecule has 2 aromatic carbocycles. The Bertz CT molecular complexity index is 4050. The van der Waals surface area contributed by atoms with Gasteiger partial charge in [-0.1, -0.05) is 71.7 Å². The minimum Gasteiger partial charge on any atom is -0.481 e. The number of carbonyl (C=O) groups excluding carboxylic acids is 9. The lowest BCUT2D eigenvalue weighted by Gasteiger charge is -2.17. The lowest BCUT2D eigenvalue weighted by Crippen LogP contribution is -2.37. The van der Waals surface area contributed by atoms with E-state index in [0.717, 1.165) is 0 Å². The molecule has 0 saturated carbocycles. The zero-order chi connectivity index (χ0) is 79.3. The zero-order valence-electron chi connectivity index (χ0n) is 59.1. The molecule has 4 aromatic heterocycles. The summed E-state index contributed by atoms with van der Waals surface area (Å²) in [5, 5.41) is 38.8. The number of H-pyrrole nitrogens is 2. The predicted octanol–water partition coefficient (Wildman–Crippen LogP) is 6.25. The number of hydrogen-bond donors (Lipinski definition) is 11. The number of unbranched alkanes of at least 4 members (excludes halogenated alkanes) is 2. The second-order valence-electron chi connectivity index (χ2n) is 22.6. The molecule has 42 heteroatoms. The first-order valence-electron chi connectivity index (χ1n) is 33.0. The Kier molecular flexibility index (Phi) is 42.6. The van der Waals surface area contributed by atoms with Crippen LogP contribution < -0.4 is 43.9 Å². The quantitative estimate of drug-likeness (QED) is 0.00501. The minimum atomic E-state index is -1.05. The molecule has 6 rings (SSSR count). The van der Waals surface area contributed by atoms with Crippen molar-refractivity contribution in [3.63, 3.8) is 0 Å². The van der Waals surface area contributed by atoms with Crippen molar-refractivity contribution in [2.75, 3.05) is 77.9 Å². The number of Topliss-reactive ketones (excluding diaryl/α,β-unsaturated/α-hetero) is 2. The number of nitrogens with zero attached hydrogens (tertiary/aromatic N) is 6. The number of carboxylic acid groups (broad SMARTS) is 3. The molecule has 0 aliphatic carbocycles. The first kappa shape index (κ1) is 90.6. The number of aliphatic carboxylic acids is 3. The number of ketones is 2. The van der Waals surface area contributed by atoms with Gasteiger partial charge in [0.1, 0.15) is 11.6 Å². The van der Waals surface area contributed by atoms with Gasteiger partial charge in [0.25, 0.3) is 35.9 Å². The summed E-state index contributed by atoms with van der Waals surface area (Å²) in [5.74, 6) is -7.42. The maximum atomic E-state index is 12.7. The molecule has 0 spiro atoms. The molecule has 0 saturated heterocycles. The van der Waals surface area contributed by atoms with E-state index in [1.165, 1.54) is 77.2 Å². The Morgan fingerprint density at radius 1 is 0.509 bits per heavy atom. The van der Waals surface area contributed by atoms with Crippen LogP contribution in [0.5, 0.6) is 0 Å². The normalized spacial score (nSPS) is 12.1. The van der Waals surface area contributed by atoms with E-state index in [0.29, 0.717) is 77.7 Å². The largest absolute Gasteiger partial charge is 0.481 e. The molecule has 0 unspecified atom stereocenters. The van der Waals surface area contributed by atoms with Crippen LogP contribution in [0, 0.1) is 17.8 Å². The Hall–Kier alpha value is -9.78. The first-order chi connectivity index (χ1) is 51.8. The van der Waals surface area contributed by atoms with Crippen LogP contribution in [0.3, 0.4) is 0 Å². The lowest BCUT2D eigenvalue weighted by atomic mass is 10.1. The standard InChI is InChI=1S/C29H35N7O9S2.C21H23N7O5.C16H26O8S4/c1-46-47-15-18(28(42)43)12-23(39)44-11-3-2-4-21(38)9-10-22(45-16-37)34-26(40)17-5-7-19(8-6-17)31-13-20-14-32-25-24(33-20)27(41)36-29(30)35-25;1-2-15(30)7-8-16(33-11-29)26-19(31)12-3-5-13(6-4-12)23-9-14-10-24-18-17(25-14)20(32)28-21(22)27-18;1-25-27-9-11(15(19)20)7-13(17)23-5-3-4-6-24-14(18)8-12(16(21)22)10-28-26-2/h5-8,14,16,18,22,31H,2-4,9-13,15H2,1H3,(H,34,40)(H,42,43)(H3,30,32,35,36,41);3-6,10-11,16,23H,2,7-9H2,1H3,(H,26,31)(H3,22,24,27,28,32);11-12H,3-10H2,1-2H3,(H,19,20)(H,21,22)/t18-,22+;16-;11-,12-/m010/s1. The molecule has 13 N–H and O–H groups in total. The molecule has 0 aliphatic heterocycles. The van der Waals surface area contributed by atoms with Crippen molar-refractivity contribution < 1.29 is 96.5 Å². The molecule has 5 atom stereocenters. The van der Waals surface area contributed by atoms with Gasteiger partial charge in [-0.2, -0.15) is 9.97 Å². The second-order valence-corrected chi connectivity index (χ2v) is 30.5. The number of carboxylic acids is 3. The molecule has 0 radical (unpaired) electrons. The van der Waals surface area contributed by atoms with E-state index >= 15 is 0 Å². The summed E-state index contributed by atoms with van der Waals surface area (Å²) in [6.45, 7) is 2.98. The highest BCUT2D eigenvalue weighted by molar-refractivity contribution is 8.77. The van der Waals surface area contributed by atoms with Crippen molar-refractivity contribution in [1.82, 2.24) is 50.5 Å². The number of nitrogens with two attached hydrogens (primary N) is 2. The number of amides is 2. The van der Waals surface area contributed by atoms with Crippen LogP contribution in [0.25, 0.3) is 22.3 Å². The Labute approximate surface area is 641 Å². The molecule has 108 heavy (non-hydrogen) atoms. The van der Waals surface area contributed by atoms with Gasteiger partial charge in [-0.05, 0) is 93.0 Å². The van der Waals surface area contributed by atoms with Crippen molar-refractivity contribution in [2.24, 2.45) is 17.8 Å². The summed E-state index contributed by atoms with van der Waals surface area (Å²) in [7, 11) is 8.40. The third-order valence-electron chi connectivity index (χ3n) is 14.6. The monoisotopic (exact) mass is 1620 g/mol. The van der Waals surface area contributed by atoms with E-state index in [4.69, 9.17) is 45.4 Å². The van der Waals surface area contributed by atoms with E-state index in [2.05, 4.69) is 61.1 Å². The van der Waals surface area contributed by atoms with E-state index in [9.17, 15) is 72.2 Å². The number of aromatic amines is 2. The van der Waals surface area contributed by atoms with Crippen molar-refractivity contribution in [3.05, 3.63) is 104 Å². The van der Waals surface area contributed by atoms with Gasteiger partial charge in [-0.3, -0.25) is 77.1 Å². The summed E-state index contributed by atoms with van der Waals surface area (Å²) in [6, 6.07) is 13.0. The average molecular weight is 1620 g/mol. The summed E-state index contributed by atoms with van der Waals surface area (Å²) in [6.07, 6.45) is 8.84. The fraction of sp³-hybridized carbons (Fsp3) is 0.455. The topological polar surface area (TPSA) is 555 Å². The van der Waals surface area contributed by atoms with E-state index in [-0.39, 0.29) is 149 Å². The highest BCUT2D eigenvalue weighted by Gasteiger charge is 2.26. The highest BCUT2D eigenvalue weighted by atomic mass is 33.1. The molecule has 0 bridgehead atoms. The number of aromatic nitrogens is 8. The highest BCUT2D eigenvalue weighted by Crippen LogP contribution is 2.26. The zero-order valence-corrected chi connectivity index (χ0v) is 63.9. The van der Waals surface area contributed by atoms with E-state index in [1.54, 1.807) is 55.5 Å². The van der Waals surface area contributed by atoms with Crippen LogP contribution >= 0.6 is 64.8 Å². The number of fused-ring (bicyclic) bond motifs is 2. The van der Waals surface area contributed by atoms with Crippen molar-refractivity contribution in [2.45, 2.75) is 116 Å². The van der Waals surface area contributed by atoms with Crippen molar-refractivity contribution in [3.8, 4) is 0 Å². The van der Waals surface area contributed by atoms with Gasteiger partial charge in [-0.15, -0.1) is 0 Å². The van der Waals surface area contributed by atoms with Crippen molar-refractivity contribution in [1.29, 1.82) is 0 Å². The lowest BCUT2D eigenvalue weighted by molar-refractivity contribution is -0.152. The third-order valence-corrected chi connectivity index (χ3v) is 20.3. The average Bonchev–Trinajstić information content (AvgIpc) is 0.816. The molecular weight excluding hydrogens is 1530 g/mol. The van der Waals surface area contributed by atoms with Crippen molar-refractivity contribution >= 4 is 183 Å². The smallest absolute Gasteiger partial charge is 0.307 e. The number of benzene rings is 2. The van der Waals surface area contributed by atoms with Gasteiger partial charge in [0.05, 0.1) is 93.7 Å². The molecule has 0 aliphatic rings. The van der Waals surface area contributed by atoms with E-state index in [1.807, 2.05) is 18.8 Å². The predicted molar refractivity (Wildman–Crippen MR) is 409 cm³/mol. The maximum Gasteiger partial charge on any atom is 0.307 e. The molecule has 2 amide bonds. The number of carbonyl (C=O) groups is 12. The Balaban J connectivity index is 0.000000357. The molecule has 586 valence electrons. The Morgan fingerprint density at radius 2 is 0.861 bits per heavy atom. The number of esters is 3. The van der Waals surface area contributed by atoms with Gasteiger partial charge in [0, 0.05) is 78.3 Å². The number of nitrogens with one attached hydrogen (secondary N) is 6. The van der Waals surface area contributed by atoms with Gasteiger partial charge >= 0.3 is 35.8 Å². The first-order valence-corrected chi connectivity index (χ1v) is 41.1. The van der Waals surface area contributed by atoms with Gasteiger partial charge < -0.3 is 71.7 Å². The van der Waals surface area contributed by atoms with Gasteiger partial charge in [-0.25, -0.2) is 19.9 Å². The Morgan fingerprint density at radius 3 is 1.19 bits per heavy atom. The van der Waals surface area contributed by atoms with Gasteiger partial charge in [0.2, 0.25) is 11.9 Å². The summed E-state index contributed by atoms with van der Waals surface area (Å²) >= 11 is 0. The van der Waals surface area contributed by atoms with Gasteiger partial charge in [0.15, 0.2) is 34.8 Å². The molecule has 0 fully saturated rings. The summed E-state index contributed by atoms with van der Waals surface area (Å²) in [4.78, 5) is 193. The SMILES string of the molecule is CCC(=O)CC[C@H](NC(=O)c1ccc(NCc2cnc3nc(N)[nH]c(=O)c3n2)cc1)OC=O.CSSC[C@H](CC(=O)OCCCCC(=O)CC[C@H](NC(=O)c1ccc(NCc2cnc3nc(N)[nH]c(=O)c3n2)cc1)OC=O)C(=O)O.CSSC[C@H](CC(=O)OCCCCOC(=O)C[C@@H](CSSC)C(=O)O)C(=O)O. The second kappa shape index (κ2) is 50.7. The minimum absolute atomic E-state index is 0.0141. The summed E-state index contributed by atoms with van der Waals surface area (Å²) < 4.78 is 24.9. The van der Waals surface area contributed by atoms with Crippen LogP contribution in [-0.2, 0) is 84.7 Å².